The van der Waals surface area contributed by atoms with Gasteiger partial charge in [-0.1, -0.05) is 18.2 Å². The molecule has 0 saturated heterocycles. The summed E-state index contributed by atoms with van der Waals surface area (Å²) in [5.41, 5.74) is 0.267. The molecule has 3 nitrogen and oxygen atoms in total. The summed E-state index contributed by atoms with van der Waals surface area (Å²) in [6.07, 6.45) is 3.02. The third-order valence-electron chi connectivity index (χ3n) is 1.69. The lowest BCUT2D eigenvalue weighted by Crippen LogP contribution is -2.12. The Balaban J connectivity index is 3.15. The van der Waals surface area contributed by atoms with Crippen molar-refractivity contribution in [3.05, 3.63) is 35.7 Å². The molecular weight excluding hydrogens is 241 g/mol. The molecule has 82 valence electrons. The molecule has 0 aliphatic rings. The molecule has 0 radical (unpaired) electrons. The highest BCUT2D eigenvalue weighted by atomic mass is 35.5. The molecule has 0 spiro atoms. The van der Waals surface area contributed by atoms with Crippen LogP contribution in [0.4, 0.5) is 4.39 Å². The van der Waals surface area contributed by atoms with Crippen LogP contribution in [0.25, 0.3) is 6.08 Å². The molecule has 0 heterocycles. The number of hydrogen-bond acceptors (Lipinski definition) is 2. The first-order valence-corrected chi connectivity index (χ1v) is 6.08. The number of rotatable bonds is 3. The van der Waals surface area contributed by atoms with E-state index in [-0.39, 0.29) is 16.3 Å². The van der Waals surface area contributed by atoms with Gasteiger partial charge < -0.3 is 0 Å². The zero-order valence-electron chi connectivity index (χ0n) is 7.65. The third-order valence-corrected chi connectivity index (χ3v) is 2.78. The van der Waals surface area contributed by atoms with Crippen molar-refractivity contribution in [2.45, 2.75) is 4.90 Å². The van der Waals surface area contributed by atoms with Gasteiger partial charge in [-0.2, -0.15) is 0 Å². The second-order valence-corrected chi connectivity index (χ2v) is 4.66. The van der Waals surface area contributed by atoms with E-state index in [0.29, 0.717) is 0 Å². The summed E-state index contributed by atoms with van der Waals surface area (Å²) in [6, 6.07) is 3.45. The first kappa shape index (κ1) is 12.2. The summed E-state index contributed by atoms with van der Waals surface area (Å²) in [5, 5.41) is 4.84. The van der Waals surface area contributed by atoms with Gasteiger partial charge in [0, 0.05) is 11.4 Å². The van der Waals surface area contributed by atoms with Gasteiger partial charge in [-0.05, 0) is 12.1 Å². The topological polar surface area (TPSA) is 60.2 Å². The Morgan fingerprint density at radius 2 is 2.13 bits per heavy atom. The van der Waals surface area contributed by atoms with Gasteiger partial charge in [0.15, 0.2) is 0 Å². The number of nitrogens with two attached hydrogens (primary N) is 1. The molecule has 0 aromatic heterocycles. The van der Waals surface area contributed by atoms with E-state index in [0.717, 1.165) is 6.07 Å². The Hall–Kier alpha value is -0.910. The molecule has 1 aromatic rings. The average Bonchev–Trinajstić information content (AvgIpc) is 2.14. The molecule has 0 unspecified atom stereocenters. The fraction of sp³-hybridized carbons (Fsp3) is 0.111. The number of alkyl halides is 1. The zero-order chi connectivity index (χ0) is 11.5. The van der Waals surface area contributed by atoms with Crippen molar-refractivity contribution in [3.8, 4) is 0 Å². The highest BCUT2D eigenvalue weighted by molar-refractivity contribution is 7.89. The maximum absolute atomic E-state index is 13.3. The van der Waals surface area contributed by atoms with E-state index in [1.807, 2.05) is 0 Å². The van der Waals surface area contributed by atoms with Crippen molar-refractivity contribution in [1.82, 2.24) is 0 Å². The third kappa shape index (κ3) is 3.30. The largest absolute Gasteiger partial charge is 0.238 e. The van der Waals surface area contributed by atoms with Crippen LogP contribution >= 0.6 is 11.6 Å². The average molecular weight is 250 g/mol. The Kier molecular flexibility index (Phi) is 3.84. The number of benzene rings is 1. The molecule has 0 bridgehead atoms. The van der Waals surface area contributed by atoms with Crippen molar-refractivity contribution in [2.75, 3.05) is 5.88 Å². The van der Waals surface area contributed by atoms with E-state index >= 15 is 0 Å². The Morgan fingerprint density at radius 1 is 1.47 bits per heavy atom. The van der Waals surface area contributed by atoms with Gasteiger partial charge in [0.05, 0.1) is 4.90 Å². The van der Waals surface area contributed by atoms with Crippen LogP contribution in [0.15, 0.2) is 29.2 Å². The lowest BCUT2D eigenvalue weighted by atomic mass is 10.2. The maximum atomic E-state index is 13.3. The molecule has 0 fully saturated rings. The fourth-order valence-electron chi connectivity index (χ4n) is 0.992. The standard InChI is InChI=1S/C9H9ClFNO2S/c10-5-1-2-7-3-4-8(6-9(7)11)15(12,13)14/h1-4,6H,5H2,(H2,12,13,14). The lowest BCUT2D eigenvalue weighted by Gasteiger charge is -2.00. The van der Waals surface area contributed by atoms with Gasteiger partial charge in [-0.15, -0.1) is 11.6 Å². The quantitative estimate of drug-likeness (QED) is 0.830. The summed E-state index contributed by atoms with van der Waals surface area (Å²) >= 11 is 5.38. The molecule has 0 saturated carbocycles. The van der Waals surface area contributed by atoms with Crippen molar-refractivity contribution < 1.29 is 12.8 Å². The Morgan fingerprint density at radius 3 is 2.60 bits per heavy atom. The number of halogens is 2. The first-order chi connectivity index (χ1) is 6.95. The summed E-state index contributed by atoms with van der Waals surface area (Å²) in [5.74, 6) is -0.390. The minimum atomic E-state index is -3.85. The Bertz CT molecular complexity index is 485. The van der Waals surface area contributed by atoms with Gasteiger partial charge in [-0.3, -0.25) is 0 Å². The molecule has 6 heteroatoms. The van der Waals surface area contributed by atoms with Crippen molar-refractivity contribution in [1.29, 1.82) is 0 Å². The van der Waals surface area contributed by atoms with Crippen molar-refractivity contribution in [2.24, 2.45) is 5.14 Å². The summed E-state index contributed by atoms with van der Waals surface area (Å²) in [6.45, 7) is 0. The van der Waals surface area contributed by atoms with Crippen LogP contribution < -0.4 is 5.14 Å². The first-order valence-electron chi connectivity index (χ1n) is 4.00. The summed E-state index contributed by atoms with van der Waals surface area (Å²) in [4.78, 5) is -0.247. The molecule has 2 N–H and O–H groups in total. The minimum Gasteiger partial charge on any atom is -0.225 e. The normalized spacial score (nSPS) is 12.2. The molecular formula is C9H9ClFNO2S. The van der Waals surface area contributed by atoms with Crippen molar-refractivity contribution >= 4 is 27.7 Å². The highest BCUT2D eigenvalue weighted by Gasteiger charge is 2.09. The van der Waals surface area contributed by atoms with Gasteiger partial charge >= 0.3 is 0 Å². The number of hydrogen-bond donors (Lipinski definition) is 1. The van der Waals surface area contributed by atoms with Crippen LogP contribution in [0.5, 0.6) is 0 Å². The smallest absolute Gasteiger partial charge is 0.225 e. The van der Waals surface area contributed by atoms with Crippen LogP contribution in [0, 0.1) is 5.82 Å². The molecule has 1 aromatic carbocycles. The van der Waals surface area contributed by atoms with Crippen LogP contribution in [-0.4, -0.2) is 14.3 Å². The maximum Gasteiger partial charge on any atom is 0.238 e. The van der Waals surface area contributed by atoms with Gasteiger partial charge in [0.2, 0.25) is 10.0 Å². The van der Waals surface area contributed by atoms with Crippen LogP contribution in [0.2, 0.25) is 0 Å². The summed E-state index contributed by atoms with van der Waals surface area (Å²) in [7, 11) is -3.85. The second kappa shape index (κ2) is 4.74. The molecule has 15 heavy (non-hydrogen) atoms. The number of primary sulfonamides is 1. The van der Waals surface area contributed by atoms with Gasteiger partial charge in [-0.25, -0.2) is 17.9 Å². The second-order valence-electron chi connectivity index (χ2n) is 2.79. The highest BCUT2D eigenvalue weighted by Crippen LogP contribution is 2.14. The molecule has 0 atom stereocenters. The van der Waals surface area contributed by atoms with Crippen LogP contribution in [0.3, 0.4) is 0 Å². The molecule has 0 aliphatic carbocycles. The van der Waals surface area contributed by atoms with E-state index in [9.17, 15) is 12.8 Å². The predicted molar refractivity (Wildman–Crippen MR) is 57.5 cm³/mol. The van der Waals surface area contributed by atoms with E-state index in [1.165, 1.54) is 18.2 Å². The van der Waals surface area contributed by atoms with Gasteiger partial charge in [0.1, 0.15) is 5.82 Å². The van der Waals surface area contributed by atoms with Crippen LogP contribution in [-0.2, 0) is 10.0 Å². The van der Waals surface area contributed by atoms with Gasteiger partial charge in [0.25, 0.3) is 0 Å². The monoisotopic (exact) mass is 249 g/mol. The predicted octanol–water partition coefficient (Wildman–Crippen LogP) is 1.73. The number of allylic oxidation sites excluding steroid dienone is 1. The minimum absolute atomic E-state index is 0.247. The van der Waals surface area contributed by atoms with Crippen LogP contribution in [0.1, 0.15) is 5.56 Å². The molecule has 0 amide bonds. The van der Waals surface area contributed by atoms with E-state index in [2.05, 4.69) is 0 Å². The summed E-state index contributed by atoms with van der Waals surface area (Å²) < 4.78 is 35.1. The lowest BCUT2D eigenvalue weighted by molar-refractivity contribution is 0.592. The zero-order valence-corrected chi connectivity index (χ0v) is 9.22. The fourth-order valence-corrected chi connectivity index (χ4v) is 1.61. The number of sulfonamides is 1. The van der Waals surface area contributed by atoms with E-state index in [4.69, 9.17) is 16.7 Å². The Labute approximate surface area is 92.4 Å². The van der Waals surface area contributed by atoms with E-state index in [1.54, 1.807) is 6.08 Å². The molecule has 0 aliphatic heterocycles. The molecule has 1 rings (SSSR count). The SMILES string of the molecule is NS(=O)(=O)c1ccc(C=CCCl)c(F)c1. The van der Waals surface area contributed by atoms with Crippen molar-refractivity contribution in [3.63, 3.8) is 0 Å². The van der Waals surface area contributed by atoms with E-state index < -0.39 is 15.8 Å².